The monoisotopic (exact) mass is 261 g/mol. The summed E-state index contributed by atoms with van der Waals surface area (Å²) in [6.07, 6.45) is 4.82. The van der Waals surface area contributed by atoms with Gasteiger partial charge in [0.1, 0.15) is 5.52 Å². The van der Waals surface area contributed by atoms with Crippen LogP contribution in [0.1, 0.15) is 32.1 Å². The van der Waals surface area contributed by atoms with E-state index in [4.69, 9.17) is 10.2 Å². The maximum atomic E-state index is 10.1. The predicted molar refractivity (Wildman–Crippen MR) is 74.9 cm³/mol. The maximum absolute atomic E-state index is 10.1. The van der Waals surface area contributed by atoms with E-state index in [2.05, 4.69) is 10.3 Å². The van der Waals surface area contributed by atoms with Crippen molar-refractivity contribution < 1.29 is 9.52 Å². The van der Waals surface area contributed by atoms with Crippen molar-refractivity contribution in [3.63, 3.8) is 0 Å². The molecule has 0 amide bonds. The molecule has 2 aromatic rings. The number of rotatable bonds is 2. The first-order valence-electron chi connectivity index (χ1n) is 6.83. The number of aliphatic hydroxyl groups excluding tert-OH is 1. The second kappa shape index (κ2) is 5.09. The van der Waals surface area contributed by atoms with Gasteiger partial charge in [0.25, 0.3) is 6.01 Å². The summed E-state index contributed by atoms with van der Waals surface area (Å²) in [4.78, 5) is 4.36. The summed E-state index contributed by atoms with van der Waals surface area (Å²) in [5.41, 5.74) is 7.81. The van der Waals surface area contributed by atoms with Gasteiger partial charge in [-0.15, -0.1) is 0 Å². The zero-order chi connectivity index (χ0) is 13.2. The van der Waals surface area contributed by atoms with Crippen LogP contribution in [-0.2, 0) is 0 Å². The van der Waals surface area contributed by atoms with E-state index in [-0.39, 0.29) is 12.1 Å². The first kappa shape index (κ1) is 12.3. The van der Waals surface area contributed by atoms with Gasteiger partial charge in [0.15, 0.2) is 5.58 Å². The number of nitrogen functional groups attached to an aromatic ring is 1. The highest BCUT2D eigenvalue weighted by Gasteiger charge is 2.23. The zero-order valence-electron chi connectivity index (χ0n) is 10.8. The van der Waals surface area contributed by atoms with Crippen molar-refractivity contribution in [1.82, 2.24) is 4.98 Å². The van der Waals surface area contributed by atoms with Crippen LogP contribution < -0.4 is 11.1 Å². The molecule has 1 saturated carbocycles. The van der Waals surface area contributed by atoms with Gasteiger partial charge in [-0.25, -0.2) is 0 Å². The Morgan fingerprint density at radius 2 is 2.11 bits per heavy atom. The third-order valence-corrected chi connectivity index (χ3v) is 3.74. The number of fused-ring (bicyclic) bond motifs is 1. The molecule has 0 saturated heterocycles. The van der Waals surface area contributed by atoms with Crippen LogP contribution in [0.2, 0.25) is 0 Å². The van der Waals surface area contributed by atoms with Crippen LogP contribution in [-0.4, -0.2) is 22.2 Å². The Balaban J connectivity index is 1.82. The molecule has 0 aliphatic heterocycles. The van der Waals surface area contributed by atoms with Gasteiger partial charge in [0.2, 0.25) is 0 Å². The smallest absolute Gasteiger partial charge is 0.296 e. The number of oxazole rings is 1. The van der Waals surface area contributed by atoms with Gasteiger partial charge in [-0.1, -0.05) is 25.3 Å². The van der Waals surface area contributed by atoms with E-state index < -0.39 is 0 Å². The quantitative estimate of drug-likeness (QED) is 0.571. The number of benzene rings is 1. The van der Waals surface area contributed by atoms with E-state index in [0.29, 0.717) is 22.8 Å². The van der Waals surface area contributed by atoms with Crippen molar-refractivity contribution in [3.8, 4) is 0 Å². The Morgan fingerprint density at radius 3 is 2.95 bits per heavy atom. The molecule has 0 radical (unpaired) electrons. The normalized spacial score (nSPS) is 24.3. The molecule has 1 aliphatic carbocycles. The van der Waals surface area contributed by atoms with Crippen LogP contribution in [0, 0.1) is 0 Å². The summed E-state index contributed by atoms with van der Waals surface area (Å²) in [5, 5.41) is 13.3. The summed E-state index contributed by atoms with van der Waals surface area (Å²) >= 11 is 0. The summed E-state index contributed by atoms with van der Waals surface area (Å²) in [6, 6.07) is 5.94. The van der Waals surface area contributed by atoms with Crippen LogP contribution in [0.5, 0.6) is 0 Å². The SMILES string of the molecule is Nc1cccc2oc(NC3CCCCCC3O)nc12. The molecule has 1 aromatic heterocycles. The van der Waals surface area contributed by atoms with Gasteiger partial charge in [-0.2, -0.15) is 4.98 Å². The molecular weight excluding hydrogens is 242 g/mol. The number of aromatic nitrogens is 1. The minimum Gasteiger partial charge on any atom is -0.423 e. The van der Waals surface area contributed by atoms with Gasteiger partial charge in [-0.3, -0.25) is 0 Å². The lowest BCUT2D eigenvalue weighted by Gasteiger charge is -2.20. The molecule has 5 heteroatoms. The third kappa shape index (κ3) is 2.51. The first-order valence-corrected chi connectivity index (χ1v) is 6.83. The minimum atomic E-state index is -0.338. The van der Waals surface area contributed by atoms with Gasteiger partial charge < -0.3 is 20.6 Å². The summed E-state index contributed by atoms with van der Waals surface area (Å²) in [5.74, 6) is 0. The molecule has 1 fully saturated rings. The van der Waals surface area contributed by atoms with Crippen molar-refractivity contribution in [2.45, 2.75) is 44.2 Å². The topological polar surface area (TPSA) is 84.3 Å². The Bertz CT molecular complexity index is 567. The highest BCUT2D eigenvalue weighted by molar-refractivity contribution is 5.86. The lowest BCUT2D eigenvalue weighted by Crippen LogP contribution is -2.32. The van der Waals surface area contributed by atoms with Gasteiger partial charge in [0, 0.05) is 0 Å². The number of nitrogens with zero attached hydrogens (tertiary/aromatic N) is 1. The number of nitrogens with two attached hydrogens (primary N) is 1. The molecule has 5 nitrogen and oxygen atoms in total. The van der Waals surface area contributed by atoms with Gasteiger partial charge in [0.05, 0.1) is 17.8 Å². The molecule has 0 spiro atoms. The molecular formula is C14H19N3O2. The highest BCUT2D eigenvalue weighted by atomic mass is 16.4. The molecule has 1 heterocycles. The van der Waals surface area contributed by atoms with Crippen molar-refractivity contribution in [1.29, 1.82) is 0 Å². The number of hydrogen-bond donors (Lipinski definition) is 3. The number of para-hydroxylation sites is 1. The van der Waals surface area contributed by atoms with Crippen LogP contribution in [0.15, 0.2) is 22.6 Å². The predicted octanol–water partition coefficient (Wildman–Crippen LogP) is 2.52. The fraction of sp³-hybridized carbons (Fsp3) is 0.500. The fourth-order valence-electron chi connectivity index (χ4n) is 2.65. The van der Waals surface area contributed by atoms with Crippen molar-refractivity contribution >= 4 is 22.8 Å². The Hall–Kier alpha value is -1.75. The van der Waals surface area contributed by atoms with Crippen LogP contribution in [0.4, 0.5) is 11.7 Å². The van der Waals surface area contributed by atoms with Gasteiger partial charge in [-0.05, 0) is 25.0 Å². The highest BCUT2D eigenvalue weighted by Crippen LogP contribution is 2.26. The molecule has 0 bridgehead atoms. The summed E-state index contributed by atoms with van der Waals surface area (Å²) in [6.45, 7) is 0. The average Bonchev–Trinajstić information content (AvgIpc) is 2.70. The molecule has 102 valence electrons. The van der Waals surface area contributed by atoms with Crippen molar-refractivity contribution in [2.75, 3.05) is 11.1 Å². The zero-order valence-corrected chi connectivity index (χ0v) is 10.8. The molecule has 2 unspecified atom stereocenters. The number of nitrogens with one attached hydrogen (secondary N) is 1. The van der Waals surface area contributed by atoms with Gasteiger partial charge >= 0.3 is 0 Å². The molecule has 4 N–H and O–H groups in total. The summed E-state index contributed by atoms with van der Waals surface area (Å²) in [7, 11) is 0. The van der Waals surface area contributed by atoms with Crippen molar-refractivity contribution in [2.24, 2.45) is 0 Å². The largest absolute Gasteiger partial charge is 0.423 e. The molecule has 2 atom stereocenters. The van der Waals surface area contributed by atoms with E-state index in [1.165, 1.54) is 6.42 Å². The van der Waals surface area contributed by atoms with E-state index >= 15 is 0 Å². The number of aliphatic hydroxyl groups is 1. The number of anilines is 2. The van der Waals surface area contributed by atoms with E-state index in [9.17, 15) is 5.11 Å². The molecule has 1 aliphatic rings. The first-order chi connectivity index (χ1) is 9.24. The fourth-order valence-corrected chi connectivity index (χ4v) is 2.65. The average molecular weight is 261 g/mol. The molecule has 3 rings (SSSR count). The van der Waals surface area contributed by atoms with Crippen LogP contribution >= 0.6 is 0 Å². The Labute approximate surface area is 111 Å². The maximum Gasteiger partial charge on any atom is 0.296 e. The van der Waals surface area contributed by atoms with E-state index in [1.54, 1.807) is 6.07 Å². The third-order valence-electron chi connectivity index (χ3n) is 3.74. The molecule has 19 heavy (non-hydrogen) atoms. The molecule has 1 aromatic carbocycles. The van der Waals surface area contributed by atoms with Crippen molar-refractivity contribution in [3.05, 3.63) is 18.2 Å². The summed E-state index contributed by atoms with van der Waals surface area (Å²) < 4.78 is 5.63. The van der Waals surface area contributed by atoms with E-state index in [1.807, 2.05) is 12.1 Å². The van der Waals surface area contributed by atoms with E-state index in [0.717, 1.165) is 25.7 Å². The second-order valence-electron chi connectivity index (χ2n) is 5.17. The van der Waals surface area contributed by atoms with Crippen LogP contribution in [0.25, 0.3) is 11.1 Å². The standard InChI is InChI=1S/C14H19N3O2/c15-9-5-4-8-12-13(9)17-14(19-12)16-10-6-2-1-3-7-11(10)18/h4-5,8,10-11,18H,1-3,6-7,15H2,(H,16,17). The number of hydrogen-bond acceptors (Lipinski definition) is 5. The van der Waals surface area contributed by atoms with Crippen LogP contribution in [0.3, 0.4) is 0 Å². The Kier molecular flexibility index (Phi) is 3.29. The lowest BCUT2D eigenvalue weighted by atomic mass is 10.1. The second-order valence-corrected chi connectivity index (χ2v) is 5.17. The minimum absolute atomic E-state index is 0.0109. The lowest BCUT2D eigenvalue weighted by molar-refractivity contribution is 0.143. The Morgan fingerprint density at radius 1 is 1.26 bits per heavy atom.